The number of aryl methyl sites for hydroxylation is 1. The first kappa shape index (κ1) is 16.7. The number of benzene rings is 2. The molecular weight excluding hydrogens is 309 g/mol. The molecule has 0 spiro atoms. The van der Waals surface area contributed by atoms with Crippen molar-refractivity contribution in [2.24, 2.45) is 0 Å². The zero-order valence-corrected chi connectivity index (χ0v) is 13.7. The Kier molecular flexibility index (Phi) is 5.33. The van der Waals surface area contributed by atoms with Gasteiger partial charge in [-0.3, -0.25) is 0 Å². The molecule has 0 fully saturated rings. The summed E-state index contributed by atoms with van der Waals surface area (Å²) >= 11 is 0. The SMILES string of the molecule is CC(CCc1ccc2c(c1)OCO2)NCC(O)c1ccc(F)cc1. The third kappa shape index (κ3) is 4.24. The number of aliphatic hydroxyl groups is 1. The average Bonchev–Trinajstić information content (AvgIpc) is 3.06. The van der Waals surface area contributed by atoms with Gasteiger partial charge in [-0.05, 0) is 55.2 Å². The van der Waals surface area contributed by atoms with E-state index < -0.39 is 6.10 Å². The van der Waals surface area contributed by atoms with Gasteiger partial charge >= 0.3 is 0 Å². The van der Waals surface area contributed by atoms with Crippen molar-refractivity contribution < 1.29 is 19.0 Å². The summed E-state index contributed by atoms with van der Waals surface area (Å²) in [4.78, 5) is 0. The summed E-state index contributed by atoms with van der Waals surface area (Å²) in [5.74, 6) is 1.31. The lowest BCUT2D eigenvalue weighted by molar-refractivity contribution is 0.170. The molecule has 128 valence electrons. The molecular formula is C19H22FNO3. The van der Waals surface area contributed by atoms with Crippen LogP contribution in [0.5, 0.6) is 11.5 Å². The number of aliphatic hydroxyl groups excluding tert-OH is 1. The number of hydrogen-bond donors (Lipinski definition) is 2. The van der Waals surface area contributed by atoms with Crippen molar-refractivity contribution in [2.45, 2.75) is 31.9 Å². The van der Waals surface area contributed by atoms with Crippen molar-refractivity contribution in [3.05, 3.63) is 59.4 Å². The maximum Gasteiger partial charge on any atom is 0.231 e. The molecule has 2 aromatic carbocycles. The molecule has 0 radical (unpaired) electrons. The molecule has 2 aromatic rings. The van der Waals surface area contributed by atoms with Gasteiger partial charge in [0.25, 0.3) is 0 Å². The van der Waals surface area contributed by atoms with Crippen molar-refractivity contribution in [3.8, 4) is 11.5 Å². The van der Waals surface area contributed by atoms with Crippen LogP contribution in [0.15, 0.2) is 42.5 Å². The van der Waals surface area contributed by atoms with Crippen LogP contribution < -0.4 is 14.8 Å². The van der Waals surface area contributed by atoms with Gasteiger partial charge in [-0.25, -0.2) is 4.39 Å². The highest BCUT2D eigenvalue weighted by molar-refractivity contribution is 5.44. The molecule has 1 aliphatic rings. The summed E-state index contributed by atoms with van der Waals surface area (Å²) in [6, 6.07) is 12.2. The van der Waals surface area contributed by atoms with Gasteiger partial charge in [0.2, 0.25) is 6.79 Å². The fourth-order valence-corrected chi connectivity index (χ4v) is 2.70. The van der Waals surface area contributed by atoms with E-state index in [1.807, 2.05) is 18.2 Å². The van der Waals surface area contributed by atoms with E-state index in [1.165, 1.54) is 17.7 Å². The minimum Gasteiger partial charge on any atom is -0.454 e. The molecule has 24 heavy (non-hydrogen) atoms. The number of rotatable bonds is 7. The quantitative estimate of drug-likeness (QED) is 0.818. The van der Waals surface area contributed by atoms with Crippen molar-refractivity contribution in [1.82, 2.24) is 5.32 Å². The van der Waals surface area contributed by atoms with Crippen molar-refractivity contribution in [3.63, 3.8) is 0 Å². The summed E-state index contributed by atoms with van der Waals surface area (Å²) in [6.07, 6.45) is 1.21. The summed E-state index contributed by atoms with van der Waals surface area (Å²) in [5.41, 5.74) is 1.92. The molecule has 2 unspecified atom stereocenters. The largest absolute Gasteiger partial charge is 0.454 e. The average molecular weight is 331 g/mol. The van der Waals surface area contributed by atoms with E-state index in [0.29, 0.717) is 12.1 Å². The van der Waals surface area contributed by atoms with Crippen molar-refractivity contribution >= 4 is 0 Å². The number of halogens is 1. The van der Waals surface area contributed by atoms with Crippen LogP contribution in [0.2, 0.25) is 0 Å². The second kappa shape index (κ2) is 7.64. The van der Waals surface area contributed by atoms with Crippen molar-refractivity contribution in [1.29, 1.82) is 0 Å². The van der Waals surface area contributed by atoms with E-state index in [-0.39, 0.29) is 18.7 Å². The zero-order valence-electron chi connectivity index (χ0n) is 13.7. The molecule has 3 rings (SSSR count). The van der Waals surface area contributed by atoms with E-state index >= 15 is 0 Å². The van der Waals surface area contributed by atoms with Crippen LogP contribution in [-0.4, -0.2) is 24.5 Å². The molecule has 0 saturated heterocycles. The van der Waals surface area contributed by atoms with E-state index in [9.17, 15) is 9.50 Å². The zero-order chi connectivity index (χ0) is 16.9. The Labute approximate surface area is 141 Å². The fraction of sp³-hybridized carbons (Fsp3) is 0.368. The molecule has 1 heterocycles. The van der Waals surface area contributed by atoms with Gasteiger partial charge in [0.05, 0.1) is 6.10 Å². The molecule has 2 N–H and O–H groups in total. The molecule has 1 aliphatic heterocycles. The third-order valence-electron chi connectivity index (χ3n) is 4.22. The standard InChI is InChI=1S/C19H22FNO3/c1-13(21-11-17(22)15-5-7-16(20)8-6-15)2-3-14-4-9-18-19(10-14)24-12-23-18/h4-10,13,17,21-22H,2-3,11-12H2,1H3. The molecule has 5 heteroatoms. The van der Waals surface area contributed by atoms with Crippen molar-refractivity contribution in [2.75, 3.05) is 13.3 Å². The van der Waals surface area contributed by atoms with E-state index in [0.717, 1.165) is 24.3 Å². The van der Waals surface area contributed by atoms with Crippen LogP contribution in [0.25, 0.3) is 0 Å². The monoisotopic (exact) mass is 331 g/mol. The van der Waals surface area contributed by atoms with Crippen LogP contribution in [-0.2, 0) is 6.42 Å². The van der Waals surface area contributed by atoms with E-state index in [1.54, 1.807) is 12.1 Å². The molecule has 0 bridgehead atoms. The Morgan fingerprint density at radius 2 is 1.88 bits per heavy atom. The predicted octanol–water partition coefficient (Wildman–Crippen LogP) is 3.20. The number of hydrogen-bond acceptors (Lipinski definition) is 4. The third-order valence-corrected chi connectivity index (χ3v) is 4.22. The molecule has 2 atom stereocenters. The second-order valence-corrected chi connectivity index (χ2v) is 6.10. The smallest absolute Gasteiger partial charge is 0.231 e. The topological polar surface area (TPSA) is 50.7 Å². The molecule has 0 aliphatic carbocycles. The Hall–Kier alpha value is -2.11. The maximum atomic E-state index is 12.9. The van der Waals surface area contributed by atoms with Crippen LogP contribution in [0, 0.1) is 5.82 Å². The van der Waals surface area contributed by atoms with Gasteiger partial charge in [-0.1, -0.05) is 18.2 Å². The van der Waals surface area contributed by atoms with Crippen LogP contribution >= 0.6 is 0 Å². The Morgan fingerprint density at radius 3 is 2.67 bits per heavy atom. The van der Waals surface area contributed by atoms with Gasteiger partial charge in [-0.15, -0.1) is 0 Å². The normalized spacial score (nSPS) is 15.3. The first-order valence-electron chi connectivity index (χ1n) is 8.17. The van der Waals surface area contributed by atoms with Gasteiger partial charge in [0, 0.05) is 12.6 Å². The van der Waals surface area contributed by atoms with E-state index in [2.05, 4.69) is 12.2 Å². The molecule has 4 nitrogen and oxygen atoms in total. The summed E-state index contributed by atoms with van der Waals surface area (Å²) in [6.45, 7) is 2.82. The maximum absolute atomic E-state index is 12.9. The summed E-state index contributed by atoms with van der Waals surface area (Å²) < 4.78 is 23.6. The molecule has 0 saturated carbocycles. The number of fused-ring (bicyclic) bond motifs is 1. The summed E-state index contributed by atoms with van der Waals surface area (Å²) in [5, 5.41) is 13.5. The lowest BCUT2D eigenvalue weighted by Crippen LogP contribution is -2.30. The molecule has 0 amide bonds. The van der Waals surface area contributed by atoms with Gasteiger partial charge < -0.3 is 19.9 Å². The predicted molar refractivity (Wildman–Crippen MR) is 89.7 cm³/mol. The number of ether oxygens (including phenoxy) is 2. The molecule has 0 aromatic heterocycles. The van der Waals surface area contributed by atoms with Crippen LogP contribution in [0.3, 0.4) is 0 Å². The fourth-order valence-electron chi connectivity index (χ4n) is 2.70. The highest BCUT2D eigenvalue weighted by atomic mass is 19.1. The first-order chi connectivity index (χ1) is 11.6. The Bertz CT molecular complexity index is 675. The highest BCUT2D eigenvalue weighted by Gasteiger charge is 2.14. The van der Waals surface area contributed by atoms with Gasteiger partial charge in [-0.2, -0.15) is 0 Å². The van der Waals surface area contributed by atoms with Gasteiger partial charge in [0.15, 0.2) is 11.5 Å². The lowest BCUT2D eigenvalue weighted by Gasteiger charge is -2.17. The van der Waals surface area contributed by atoms with Crippen LogP contribution in [0.4, 0.5) is 4.39 Å². The minimum atomic E-state index is -0.640. The highest BCUT2D eigenvalue weighted by Crippen LogP contribution is 2.32. The lowest BCUT2D eigenvalue weighted by atomic mass is 10.0. The first-order valence-corrected chi connectivity index (χ1v) is 8.17. The Balaban J connectivity index is 1.44. The second-order valence-electron chi connectivity index (χ2n) is 6.10. The van der Waals surface area contributed by atoms with Crippen LogP contribution in [0.1, 0.15) is 30.6 Å². The summed E-state index contributed by atoms with van der Waals surface area (Å²) in [7, 11) is 0. The Morgan fingerprint density at radius 1 is 1.12 bits per heavy atom. The van der Waals surface area contributed by atoms with E-state index in [4.69, 9.17) is 9.47 Å². The number of nitrogens with one attached hydrogen (secondary N) is 1. The minimum absolute atomic E-state index is 0.255. The van der Waals surface area contributed by atoms with Gasteiger partial charge in [0.1, 0.15) is 5.82 Å².